The molecule has 0 aliphatic carbocycles. The minimum atomic E-state index is 0.802. The summed E-state index contributed by atoms with van der Waals surface area (Å²) in [7, 11) is 0. The number of benzene rings is 1. The molecule has 0 fully saturated rings. The van der Waals surface area contributed by atoms with E-state index >= 15 is 0 Å². The summed E-state index contributed by atoms with van der Waals surface area (Å²) in [5, 5.41) is 5.94. The van der Waals surface area contributed by atoms with Crippen LogP contribution >= 0.6 is 0 Å². The van der Waals surface area contributed by atoms with Gasteiger partial charge in [-0.05, 0) is 38.3 Å². The minimum Gasteiger partial charge on any atom is -0.370 e. The van der Waals surface area contributed by atoms with Crippen molar-refractivity contribution in [1.29, 1.82) is 0 Å². The number of fused-ring (bicyclic) bond motifs is 3. The van der Waals surface area contributed by atoms with E-state index in [1.54, 1.807) is 0 Å². The maximum absolute atomic E-state index is 4.65. The van der Waals surface area contributed by atoms with Crippen LogP contribution in [0.4, 0.5) is 5.82 Å². The van der Waals surface area contributed by atoms with E-state index in [1.807, 2.05) is 19.3 Å². The number of nitrogens with zero attached hydrogens (tertiary/aromatic N) is 3. The molecule has 3 heterocycles. The van der Waals surface area contributed by atoms with Gasteiger partial charge in [0, 0.05) is 40.3 Å². The van der Waals surface area contributed by atoms with Gasteiger partial charge in [-0.2, -0.15) is 0 Å². The molecule has 138 valence electrons. The number of hydrogen-bond acceptors (Lipinski definition) is 4. The number of pyridine rings is 1. The molecule has 2 N–H and O–H groups in total. The van der Waals surface area contributed by atoms with Crippen LogP contribution in [0.2, 0.25) is 0 Å². The number of nitrogens with one attached hydrogen (secondary N) is 2. The standard InChI is InChI=1S/C22H25N5/c1-3-4-11-23-22-16(13-24-15(2)26-22)9-10-17-12-19-18-7-5-6-8-20(18)27-21(19)14-25-17/h5-8,12-14,27H,3-4,9-11H2,1-2H3,(H,23,24,26). The number of para-hydroxylation sites is 1. The number of rotatable bonds is 7. The number of aryl methyl sites for hydroxylation is 3. The third kappa shape index (κ3) is 3.77. The van der Waals surface area contributed by atoms with Gasteiger partial charge in [0.25, 0.3) is 0 Å². The Bertz CT molecular complexity index is 1070. The summed E-state index contributed by atoms with van der Waals surface area (Å²) >= 11 is 0. The summed E-state index contributed by atoms with van der Waals surface area (Å²) in [4.78, 5) is 17.1. The van der Waals surface area contributed by atoms with Crippen LogP contribution in [0.15, 0.2) is 42.7 Å². The number of H-pyrrole nitrogens is 1. The first-order valence-corrected chi connectivity index (χ1v) is 9.66. The number of aromatic nitrogens is 4. The van der Waals surface area contributed by atoms with Gasteiger partial charge < -0.3 is 10.3 Å². The molecule has 0 saturated heterocycles. The van der Waals surface area contributed by atoms with E-state index in [-0.39, 0.29) is 0 Å². The largest absolute Gasteiger partial charge is 0.370 e. The van der Waals surface area contributed by atoms with Crippen molar-refractivity contribution in [2.24, 2.45) is 0 Å². The molecule has 5 nitrogen and oxygen atoms in total. The van der Waals surface area contributed by atoms with Gasteiger partial charge in [-0.1, -0.05) is 31.5 Å². The van der Waals surface area contributed by atoms with Gasteiger partial charge in [0.1, 0.15) is 11.6 Å². The van der Waals surface area contributed by atoms with Crippen molar-refractivity contribution in [2.45, 2.75) is 39.5 Å². The lowest BCUT2D eigenvalue weighted by Crippen LogP contribution is -2.09. The van der Waals surface area contributed by atoms with Crippen molar-refractivity contribution in [3.05, 3.63) is 59.8 Å². The van der Waals surface area contributed by atoms with E-state index in [4.69, 9.17) is 0 Å². The van der Waals surface area contributed by atoms with Gasteiger partial charge in [0.2, 0.25) is 0 Å². The van der Waals surface area contributed by atoms with E-state index in [2.05, 4.69) is 62.5 Å². The number of aromatic amines is 1. The maximum Gasteiger partial charge on any atom is 0.132 e. The molecule has 0 saturated carbocycles. The van der Waals surface area contributed by atoms with E-state index in [9.17, 15) is 0 Å². The first kappa shape index (κ1) is 17.5. The molecule has 0 atom stereocenters. The van der Waals surface area contributed by atoms with Crippen LogP contribution < -0.4 is 5.32 Å². The Morgan fingerprint density at radius 2 is 1.89 bits per heavy atom. The van der Waals surface area contributed by atoms with E-state index in [0.717, 1.165) is 59.7 Å². The molecule has 0 amide bonds. The summed E-state index contributed by atoms with van der Waals surface area (Å²) in [6.07, 6.45) is 7.93. The Kier molecular flexibility index (Phi) is 5.01. The highest BCUT2D eigenvalue weighted by Crippen LogP contribution is 2.25. The van der Waals surface area contributed by atoms with Crippen LogP contribution in [0.3, 0.4) is 0 Å². The number of anilines is 1. The molecule has 0 unspecified atom stereocenters. The summed E-state index contributed by atoms with van der Waals surface area (Å²) in [6.45, 7) is 5.07. The third-order valence-electron chi connectivity index (χ3n) is 4.91. The monoisotopic (exact) mass is 359 g/mol. The summed E-state index contributed by atoms with van der Waals surface area (Å²) in [5.74, 6) is 1.76. The van der Waals surface area contributed by atoms with Crippen molar-refractivity contribution in [2.75, 3.05) is 11.9 Å². The molecule has 0 spiro atoms. The fraction of sp³-hybridized carbons (Fsp3) is 0.318. The summed E-state index contributed by atoms with van der Waals surface area (Å²) < 4.78 is 0. The molecule has 4 aromatic rings. The van der Waals surface area contributed by atoms with Gasteiger partial charge >= 0.3 is 0 Å². The van der Waals surface area contributed by atoms with Crippen LogP contribution in [0.1, 0.15) is 36.8 Å². The van der Waals surface area contributed by atoms with Gasteiger partial charge in [-0.25, -0.2) is 9.97 Å². The predicted octanol–water partition coefficient (Wildman–Crippen LogP) is 4.81. The molecule has 0 radical (unpaired) electrons. The van der Waals surface area contributed by atoms with E-state index in [0.29, 0.717) is 0 Å². The highest BCUT2D eigenvalue weighted by Gasteiger charge is 2.09. The van der Waals surface area contributed by atoms with Crippen LogP contribution in [-0.2, 0) is 12.8 Å². The van der Waals surface area contributed by atoms with Gasteiger partial charge in [-0.15, -0.1) is 0 Å². The Morgan fingerprint density at radius 1 is 1.00 bits per heavy atom. The van der Waals surface area contributed by atoms with Crippen molar-refractivity contribution < 1.29 is 0 Å². The van der Waals surface area contributed by atoms with Crippen molar-refractivity contribution in [1.82, 2.24) is 19.9 Å². The average molecular weight is 359 g/mol. The molecule has 1 aromatic carbocycles. The number of hydrogen-bond donors (Lipinski definition) is 2. The van der Waals surface area contributed by atoms with Crippen molar-refractivity contribution >= 4 is 27.6 Å². The quantitative estimate of drug-likeness (QED) is 0.465. The molecule has 4 rings (SSSR count). The van der Waals surface area contributed by atoms with Crippen LogP contribution in [0.5, 0.6) is 0 Å². The molecular formula is C22H25N5. The fourth-order valence-electron chi connectivity index (χ4n) is 3.41. The van der Waals surface area contributed by atoms with Crippen molar-refractivity contribution in [3.63, 3.8) is 0 Å². The average Bonchev–Trinajstić information content (AvgIpc) is 3.05. The Morgan fingerprint density at radius 3 is 2.78 bits per heavy atom. The Balaban J connectivity index is 1.55. The zero-order valence-corrected chi connectivity index (χ0v) is 15.9. The van der Waals surface area contributed by atoms with Crippen molar-refractivity contribution in [3.8, 4) is 0 Å². The molecule has 0 aliphatic rings. The lowest BCUT2D eigenvalue weighted by atomic mass is 10.1. The molecule has 0 bridgehead atoms. The zero-order valence-electron chi connectivity index (χ0n) is 15.9. The lowest BCUT2D eigenvalue weighted by Gasteiger charge is -2.11. The Labute approximate surface area is 159 Å². The molecule has 27 heavy (non-hydrogen) atoms. The molecule has 0 aliphatic heterocycles. The second-order valence-corrected chi connectivity index (χ2v) is 6.96. The summed E-state index contributed by atoms with van der Waals surface area (Å²) in [5.41, 5.74) is 4.48. The maximum atomic E-state index is 4.65. The highest BCUT2D eigenvalue weighted by molar-refractivity contribution is 6.06. The Hall–Kier alpha value is -2.95. The topological polar surface area (TPSA) is 66.5 Å². The molecule has 5 heteroatoms. The van der Waals surface area contributed by atoms with E-state index in [1.165, 1.54) is 17.2 Å². The SMILES string of the molecule is CCCCNc1nc(C)ncc1CCc1cc2c(cn1)[nH]c1ccccc12. The normalized spacial score (nSPS) is 11.3. The molecular weight excluding hydrogens is 334 g/mol. The first-order valence-electron chi connectivity index (χ1n) is 9.66. The van der Waals surface area contributed by atoms with Crippen LogP contribution in [0, 0.1) is 6.92 Å². The second-order valence-electron chi connectivity index (χ2n) is 6.96. The van der Waals surface area contributed by atoms with Gasteiger partial charge in [0.05, 0.1) is 11.7 Å². The first-order chi connectivity index (χ1) is 13.2. The fourth-order valence-corrected chi connectivity index (χ4v) is 3.41. The summed E-state index contributed by atoms with van der Waals surface area (Å²) in [6, 6.07) is 10.6. The van der Waals surface area contributed by atoms with E-state index < -0.39 is 0 Å². The van der Waals surface area contributed by atoms with Gasteiger partial charge in [0.15, 0.2) is 0 Å². The zero-order chi connectivity index (χ0) is 18.6. The second kappa shape index (κ2) is 7.74. The highest BCUT2D eigenvalue weighted by atomic mass is 15.0. The van der Waals surface area contributed by atoms with Crippen LogP contribution in [0.25, 0.3) is 21.8 Å². The van der Waals surface area contributed by atoms with Gasteiger partial charge in [-0.3, -0.25) is 4.98 Å². The lowest BCUT2D eigenvalue weighted by molar-refractivity contribution is 0.821. The third-order valence-corrected chi connectivity index (χ3v) is 4.91. The molecule has 3 aromatic heterocycles. The predicted molar refractivity (Wildman–Crippen MR) is 111 cm³/mol. The smallest absolute Gasteiger partial charge is 0.132 e. The number of unbranched alkanes of at least 4 members (excludes halogenated alkanes) is 1. The van der Waals surface area contributed by atoms with Crippen LogP contribution in [-0.4, -0.2) is 26.5 Å². The minimum absolute atomic E-state index is 0.802.